The quantitative estimate of drug-likeness (QED) is 0.125. The van der Waals surface area contributed by atoms with Crippen molar-refractivity contribution in [3.63, 3.8) is 0 Å². The van der Waals surface area contributed by atoms with Gasteiger partial charge in [0.1, 0.15) is 6.61 Å². The third-order valence-electron chi connectivity index (χ3n) is 7.39. The van der Waals surface area contributed by atoms with Gasteiger partial charge in [0.15, 0.2) is 16.3 Å². The van der Waals surface area contributed by atoms with E-state index in [-0.39, 0.29) is 18.8 Å². The summed E-state index contributed by atoms with van der Waals surface area (Å²) in [5, 5.41) is 0.921. The molecule has 4 aromatic rings. The molecule has 0 aliphatic carbocycles. The number of benzene rings is 3. The molecule has 0 N–H and O–H groups in total. The van der Waals surface area contributed by atoms with Gasteiger partial charge in [0.2, 0.25) is 0 Å². The lowest BCUT2D eigenvalue weighted by Gasteiger charge is -2.24. The van der Waals surface area contributed by atoms with E-state index in [1.165, 1.54) is 11.3 Å². The first kappa shape index (κ1) is 33.3. The largest absolute Gasteiger partial charge is 0.490 e. The fourth-order valence-corrected chi connectivity index (χ4v) is 6.66. The van der Waals surface area contributed by atoms with Gasteiger partial charge in [-0.2, -0.15) is 0 Å². The van der Waals surface area contributed by atoms with Crippen LogP contribution in [0.25, 0.3) is 6.08 Å². The number of aryl methyl sites for hydroxylation is 1. The molecule has 1 aliphatic heterocycles. The third kappa shape index (κ3) is 6.99. The van der Waals surface area contributed by atoms with E-state index in [1.807, 2.05) is 62.4 Å². The summed E-state index contributed by atoms with van der Waals surface area (Å²) < 4.78 is 19.7. The van der Waals surface area contributed by atoms with Crippen LogP contribution in [0.1, 0.15) is 54.6 Å². The molecule has 238 valence electrons. The van der Waals surface area contributed by atoms with Gasteiger partial charge in [-0.05, 0) is 81.1 Å². The first-order chi connectivity index (χ1) is 22.1. The predicted octanol–water partition coefficient (Wildman–Crippen LogP) is 7.12. The summed E-state index contributed by atoms with van der Waals surface area (Å²) in [6, 6.07) is 16.3. The molecule has 0 radical (unpaired) electrons. The molecule has 0 saturated heterocycles. The molecule has 46 heavy (non-hydrogen) atoms. The molecule has 3 aromatic carbocycles. The molecule has 0 fully saturated rings. The topological polar surface area (TPSA) is 79.1 Å². The van der Waals surface area contributed by atoms with E-state index in [0.29, 0.717) is 55.2 Å². The van der Waals surface area contributed by atoms with Gasteiger partial charge in [-0.3, -0.25) is 9.36 Å². The third-order valence-corrected chi connectivity index (χ3v) is 9.12. The second-order valence-electron chi connectivity index (χ2n) is 10.7. The Bertz CT molecular complexity index is 2010. The van der Waals surface area contributed by atoms with Gasteiger partial charge in [0, 0.05) is 5.56 Å². The fourth-order valence-electron chi connectivity index (χ4n) is 5.29. The SMILES string of the molecule is C=CCc1cc(/C=c2/sc3n(c2=O)[C@H](c2ccc(C)cc2)C(C(=O)OCC)=C(C)N=3)cc(OCC)c1OCc1ccc(Cl)c(Cl)c1. The zero-order valence-electron chi connectivity index (χ0n) is 26.1. The molecule has 0 saturated carbocycles. The number of nitrogens with zero attached hydrogens (tertiary/aromatic N) is 2. The van der Waals surface area contributed by atoms with Gasteiger partial charge in [-0.25, -0.2) is 9.79 Å². The number of aromatic nitrogens is 1. The minimum atomic E-state index is -0.675. The van der Waals surface area contributed by atoms with Gasteiger partial charge in [0.25, 0.3) is 5.56 Å². The number of esters is 1. The van der Waals surface area contributed by atoms with Crippen LogP contribution < -0.4 is 24.4 Å². The van der Waals surface area contributed by atoms with Gasteiger partial charge < -0.3 is 14.2 Å². The number of halogens is 2. The molecule has 5 rings (SSSR count). The molecule has 1 atom stereocenters. The van der Waals surface area contributed by atoms with Crippen LogP contribution in [0.15, 0.2) is 88.3 Å². The van der Waals surface area contributed by atoms with E-state index in [1.54, 1.807) is 36.6 Å². The molecule has 0 spiro atoms. The van der Waals surface area contributed by atoms with Crippen molar-refractivity contribution >= 4 is 46.6 Å². The first-order valence-corrected chi connectivity index (χ1v) is 16.5. The maximum atomic E-state index is 14.1. The zero-order valence-corrected chi connectivity index (χ0v) is 28.4. The van der Waals surface area contributed by atoms with Crippen LogP contribution in [-0.2, 0) is 22.6 Å². The van der Waals surface area contributed by atoms with Crippen molar-refractivity contribution < 1.29 is 19.0 Å². The highest BCUT2D eigenvalue weighted by Gasteiger charge is 2.33. The standard InChI is InChI=1S/C36H34Cl2N2O5S/c1-6-9-26-16-24(18-29(43-7-2)33(26)45-20-23-12-15-27(37)28(38)17-23)19-30-34(41)40-32(25-13-10-21(4)11-14-25)31(35(42)44-8-3)22(5)39-36(40)46-30/h6,10-19,32H,1,7-9,20H2,2-5H3/b30-19+/t32-/m1/s1. The zero-order chi connectivity index (χ0) is 33.0. The van der Waals surface area contributed by atoms with Gasteiger partial charge in [-0.15, -0.1) is 6.58 Å². The fraction of sp³-hybridized carbons (Fsp3) is 0.250. The first-order valence-electron chi connectivity index (χ1n) is 14.9. The lowest BCUT2D eigenvalue weighted by atomic mass is 9.95. The Hall–Kier alpha value is -4.11. The van der Waals surface area contributed by atoms with Crippen LogP contribution in [0.3, 0.4) is 0 Å². The van der Waals surface area contributed by atoms with Crippen molar-refractivity contribution in [1.29, 1.82) is 0 Å². The Morgan fingerprint density at radius 3 is 2.46 bits per heavy atom. The maximum Gasteiger partial charge on any atom is 0.338 e. The highest BCUT2D eigenvalue weighted by molar-refractivity contribution is 7.07. The van der Waals surface area contributed by atoms with Crippen molar-refractivity contribution in [2.24, 2.45) is 4.99 Å². The van der Waals surface area contributed by atoms with E-state index < -0.39 is 12.0 Å². The average molecular weight is 678 g/mol. The average Bonchev–Trinajstić information content (AvgIpc) is 3.32. The summed E-state index contributed by atoms with van der Waals surface area (Å²) in [7, 11) is 0. The van der Waals surface area contributed by atoms with Crippen LogP contribution in [0.4, 0.5) is 0 Å². The number of allylic oxidation sites excluding steroid dienone is 2. The Balaban J connectivity index is 1.61. The van der Waals surface area contributed by atoms with Crippen LogP contribution in [0.5, 0.6) is 11.5 Å². The summed E-state index contributed by atoms with van der Waals surface area (Å²) in [5.74, 6) is 0.634. The predicted molar refractivity (Wildman–Crippen MR) is 184 cm³/mol. The molecule has 2 heterocycles. The van der Waals surface area contributed by atoms with Gasteiger partial charge in [-0.1, -0.05) is 76.5 Å². The monoisotopic (exact) mass is 676 g/mol. The van der Waals surface area contributed by atoms with E-state index in [2.05, 4.69) is 11.6 Å². The lowest BCUT2D eigenvalue weighted by molar-refractivity contribution is -0.139. The smallest absolute Gasteiger partial charge is 0.338 e. The molecule has 1 aliphatic rings. The number of thiazole rings is 1. The second-order valence-corrected chi connectivity index (χ2v) is 12.5. The Labute approximate surface area is 281 Å². The Morgan fingerprint density at radius 1 is 1.02 bits per heavy atom. The number of carbonyl (C=O) groups excluding carboxylic acids is 1. The Morgan fingerprint density at radius 2 is 1.78 bits per heavy atom. The molecular weight excluding hydrogens is 643 g/mol. The second kappa shape index (κ2) is 14.5. The van der Waals surface area contributed by atoms with Crippen molar-refractivity contribution in [3.05, 3.63) is 136 Å². The van der Waals surface area contributed by atoms with Crippen LogP contribution in [0.2, 0.25) is 10.0 Å². The van der Waals surface area contributed by atoms with Gasteiger partial charge >= 0.3 is 5.97 Å². The lowest BCUT2D eigenvalue weighted by Crippen LogP contribution is -2.39. The maximum absolute atomic E-state index is 14.1. The highest BCUT2D eigenvalue weighted by Crippen LogP contribution is 2.36. The number of rotatable bonds is 11. The molecular formula is C36H34Cl2N2O5S. The summed E-state index contributed by atoms with van der Waals surface area (Å²) in [4.78, 5) is 32.5. The van der Waals surface area contributed by atoms with Crippen molar-refractivity contribution in [2.75, 3.05) is 13.2 Å². The molecule has 0 amide bonds. The van der Waals surface area contributed by atoms with Crippen molar-refractivity contribution in [1.82, 2.24) is 4.57 Å². The summed E-state index contributed by atoms with van der Waals surface area (Å²) >= 11 is 13.6. The van der Waals surface area contributed by atoms with Crippen LogP contribution >= 0.6 is 34.5 Å². The summed E-state index contributed by atoms with van der Waals surface area (Å²) in [6.45, 7) is 12.2. The van der Waals surface area contributed by atoms with Crippen molar-refractivity contribution in [3.8, 4) is 11.5 Å². The van der Waals surface area contributed by atoms with Crippen LogP contribution in [-0.4, -0.2) is 23.8 Å². The minimum Gasteiger partial charge on any atom is -0.490 e. The van der Waals surface area contributed by atoms with E-state index in [0.717, 1.165) is 27.8 Å². The molecule has 10 heteroatoms. The number of hydrogen-bond acceptors (Lipinski definition) is 7. The van der Waals surface area contributed by atoms with E-state index in [9.17, 15) is 9.59 Å². The molecule has 7 nitrogen and oxygen atoms in total. The highest BCUT2D eigenvalue weighted by atomic mass is 35.5. The number of carbonyl (C=O) groups is 1. The van der Waals surface area contributed by atoms with E-state index in [4.69, 9.17) is 37.4 Å². The van der Waals surface area contributed by atoms with Crippen LogP contribution in [0, 0.1) is 6.92 Å². The van der Waals surface area contributed by atoms with Crippen molar-refractivity contribution in [2.45, 2.75) is 46.8 Å². The molecule has 0 bridgehead atoms. The normalized spacial score (nSPS) is 14.5. The molecule has 1 aromatic heterocycles. The molecule has 0 unspecified atom stereocenters. The number of ether oxygens (including phenoxy) is 3. The number of fused-ring (bicyclic) bond motifs is 1. The minimum absolute atomic E-state index is 0.211. The van der Waals surface area contributed by atoms with Gasteiger partial charge in [0.05, 0.1) is 45.1 Å². The Kier molecular flexibility index (Phi) is 10.5. The summed E-state index contributed by atoms with van der Waals surface area (Å²) in [5.41, 5.74) is 4.93. The number of hydrogen-bond donors (Lipinski definition) is 0. The summed E-state index contributed by atoms with van der Waals surface area (Å²) in [6.07, 6.45) is 4.11. The van der Waals surface area contributed by atoms with E-state index >= 15 is 0 Å².